The van der Waals surface area contributed by atoms with Crippen molar-refractivity contribution in [3.05, 3.63) is 23.4 Å². The molecular weight excluding hydrogens is 246 g/mol. The zero-order valence-electron chi connectivity index (χ0n) is 11.0. The molecule has 0 aliphatic rings. The van der Waals surface area contributed by atoms with Gasteiger partial charge in [-0.2, -0.15) is 0 Å². The van der Waals surface area contributed by atoms with Crippen LogP contribution in [-0.4, -0.2) is 16.6 Å². The number of thioether (sulfide) groups is 1. The number of aryl methyl sites for hydroxylation is 2. The SMILES string of the molecule is Cc1cc(C)nc(SCCCCCC(=O)NN)c1. The Kier molecular flexibility index (Phi) is 6.75. The van der Waals surface area contributed by atoms with E-state index in [9.17, 15) is 4.79 Å². The molecule has 0 saturated carbocycles. The lowest BCUT2D eigenvalue weighted by Crippen LogP contribution is -2.29. The van der Waals surface area contributed by atoms with Gasteiger partial charge in [-0.3, -0.25) is 10.2 Å². The van der Waals surface area contributed by atoms with Crippen LogP contribution in [0, 0.1) is 13.8 Å². The number of carbonyl (C=O) groups excluding carboxylic acids is 1. The lowest BCUT2D eigenvalue weighted by Gasteiger charge is -2.04. The van der Waals surface area contributed by atoms with Crippen LogP contribution in [0.5, 0.6) is 0 Å². The second-order valence-corrected chi connectivity index (χ2v) is 5.47. The van der Waals surface area contributed by atoms with Gasteiger partial charge in [-0.05, 0) is 50.1 Å². The molecule has 0 unspecified atom stereocenters. The van der Waals surface area contributed by atoms with Crippen molar-refractivity contribution in [1.29, 1.82) is 0 Å². The van der Waals surface area contributed by atoms with Crippen LogP contribution in [0.15, 0.2) is 17.2 Å². The Hall–Kier alpha value is -1.07. The van der Waals surface area contributed by atoms with Crippen molar-refractivity contribution in [2.75, 3.05) is 5.75 Å². The maximum Gasteiger partial charge on any atom is 0.233 e. The van der Waals surface area contributed by atoms with Crippen LogP contribution < -0.4 is 11.3 Å². The normalized spacial score (nSPS) is 10.4. The number of unbranched alkanes of at least 4 members (excludes halogenated alkanes) is 2. The number of hydrogen-bond donors (Lipinski definition) is 2. The molecule has 1 amide bonds. The van der Waals surface area contributed by atoms with E-state index in [1.165, 1.54) is 5.56 Å². The predicted molar refractivity (Wildman–Crippen MR) is 75.2 cm³/mol. The molecule has 1 aromatic rings. The minimum Gasteiger partial charge on any atom is -0.294 e. The molecule has 0 aliphatic carbocycles. The Morgan fingerprint density at radius 2 is 2.11 bits per heavy atom. The van der Waals surface area contributed by atoms with Crippen molar-refractivity contribution in [3.63, 3.8) is 0 Å². The number of nitrogens with zero attached hydrogens (tertiary/aromatic N) is 1. The van der Waals surface area contributed by atoms with Gasteiger partial charge in [0.2, 0.25) is 5.91 Å². The van der Waals surface area contributed by atoms with Crippen molar-refractivity contribution in [1.82, 2.24) is 10.4 Å². The maximum absolute atomic E-state index is 10.9. The van der Waals surface area contributed by atoms with Gasteiger partial charge in [0.15, 0.2) is 0 Å². The quantitative estimate of drug-likeness (QED) is 0.262. The Morgan fingerprint density at radius 3 is 2.78 bits per heavy atom. The number of nitrogens with two attached hydrogens (primary N) is 1. The van der Waals surface area contributed by atoms with E-state index in [-0.39, 0.29) is 5.91 Å². The number of carbonyl (C=O) groups is 1. The third-order valence-electron chi connectivity index (χ3n) is 2.53. The minimum absolute atomic E-state index is 0.0846. The van der Waals surface area contributed by atoms with Gasteiger partial charge in [0.1, 0.15) is 0 Å². The summed E-state index contributed by atoms with van der Waals surface area (Å²) in [6.07, 6.45) is 3.55. The highest BCUT2D eigenvalue weighted by Gasteiger charge is 2.00. The number of rotatable bonds is 7. The van der Waals surface area contributed by atoms with E-state index in [1.54, 1.807) is 11.8 Å². The molecular formula is C13H21N3OS. The Bertz CT molecular complexity index is 376. The average Bonchev–Trinajstić information content (AvgIpc) is 2.32. The number of aromatic nitrogens is 1. The monoisotopic (exact) mass is 267 g/mol. The molecule has 0 atom stereocenters. The summed E-state index contributed by atoms with van der Waals surface area (Å²) < 4.78 is 0. The molecule has 0 aliphatic heterocycles. The molecule has 1 aromatic heterocycles. The van der Waals surface area contributed by atoms with Gasteiger partial charge in [-0.1, -0.05) is 6.42 Å². The van der Waals surface area contributed by atoms with Gasteiger partial charge in [-0.15, -0.1) is 11.8 Å². The van der Waals surface area contributed by atoms with Crippen LogP contribution in [0.25, 0.3) is 0 Å². The summed E-state index contributed by atoms with van der Waals surface area (Å²) in [7, 11) is 0. The van der Waals surface area contributed by atoms with Crippen LogP contribution >= 0.6 is 11.8 Å². The summed E-state index contributed by atoms with van der Waals surface area (Å²) in [5, 5.41) is 1.09. The molecule has 18 heavy (non-hydrogen) atoms. The largest absolute Gasteiger partial charge is 0.294 e. The summed E-state index contributed by atoms with van der Waals surface area (Å²) in [6, 6.07) is 4.19. The van der Waals surface area contributed by atoms with Crippen LogP contribution in [0.4, 0.5) is 0 Å². The third-order valence-corrected chi connectivity index (χ3v) is 3.53. The highest BCUT2D eigenvalue weighted by atomic mass is 32.2. The van der Waals surface area contributed by atoms with E-state index < -0.39 is 0 Å². The molecule has 1 rings (SSSR count). The molecule has 3 N–H and O–H groups in total. The molecule has 4 nitrogen and oxygen atoms in total. The highest BCUT2D eigenvalue weighted by Crippen LogP contribution is 2.19. The van der Waals surface area contributed by atoms with E-state index in [2.05, 4.69) is 29.5 Å². The first-order valence-corrected chi connectivity index (χ1v) is 7.18. The first kappa shape index (κ1) is 15.0. The number of hydrazine groups is 1. The van der Waals surface area contributed by atoms with Gasteiger partial charge in [0.25, 0.3) is 0 Å². The first-order valence-electron chi connectivity index (χ1n) is 6.19. The van der Waals surface area contributed by atoms with Gasteiger partial charge in [0, 0.05) is 12.1 Å². The molecule has 100 valence electrons. The maximum atomic E-state index is 10.9. The fourth-order valence-corrected chi connectivity index (χ4v) is 2.73. The lowest BCUT2D eigenvalue weighted by atomic mass is 10.2. The number of hydrogen-bond acceptors (Lipinski definition) is 4. The molecule has 5 heteroatoms. The topological polar surface area (TPSA) is 68.0 Å². The fraction of sp³-hybridized carbons (Fsp3) is 0.538. The van der Waals surface area contributed by atoms with Gasteiger partial charge in [-0.25, -0.2) is 10.8 Å². The Morgan fingerprint density at radius 1 is 1.33 bits per heavy atom. The lowest BCUT2D eigenvalue weighted by molar-refractivity contribution is -0.121. The van der Waals surface area contributed by atoms with Crippen molar-refractivity contribution in [3.8, 4) is 0 Å². The van der Waals surface area contributed by atoms with Crippen molar-refractivity contribution in [2.45, 2.75) is 44.6 Å². The van der Waals surface area contributed by atoms with Gasteiger partial charge >= 0.3 is 0 Å². The zero-order chi connectivity index (χ0) is 13.4. The number of pyridine rings is 1. The second kappa shape index (κ2) is 8.11. The summed E-state index contributed by atoms with van der Waals surface area (Å²) in [5.74, 6) is 5.96. The molecule has 0 fully saturated rings. The van der Waals surface area contributed by atoms with Crippen molar-refractivity contribution < 1.29 is 4.79 Å². The fourth-order valence-electron chi connectivity index (χ4n) is 1.69. The number of amides is 1. The summed E-state index contributed by atoms with van der Waals surface area (Å²) in [4.78, 5) is 15.4. The van der Waals surface area contributed by atoms with Crippen LogP contribution in [0.2, 0.25) is 0 Å². The first-order chi connectivity index (χ1) is 8.61. The van der Waals surface area contributed by atoms with Gasteiger partial charge in [0.05, 0.1) is 5.03 Å². The smallest absolute Gasteiger partial charge is 0.233 e. The Labute approximate surface area is 113 Å². The summed E-state index contributed by atoms with van der Waals surface area (Å²) >= 11 is 1.78. The molecule has 0 spiro atoms. The molecule has 0 bridgehead atoms. The van der Waals surface area contributed by atoms with Crippen LogP contribution in [0.1, 0.15) is 36.9 Å². The van der Waals surface area contributed by atoms with E-state index in [1.807, 2.05) is 6.92 Å². The van der Waals surface area contributed by atoms with E-state index >= 15 is 0 Å². The Balaban J connectivity index is 2.16. The zero-order valence-corrected chi connectivity index (χ0v) is 11.8. The van der Waals surface area contributed by atoms with Gasteiger partial charge < -0.3 is 0 Å². The van der Waals surface area contributed by atoms with Crippen molar-refractivity contribution >= 4 is 17.7 Å². The summed E-state index contributed by atoms with van der Waals surface area (Å²) in [6.45, 7) is 4.10. The standard InChI is InChI=1S/C13H21N3OS/c1-10-8-11(2)15-13(9-10)18-7-5-3-4-6-12(17)16-14/h8-9H,3-7,14H2,1-2H3,(H,16,17). The van der Waals surface area contributed by atoms with E-state index in [4.69, 9.17) is 5.84 Å². The molecule has 1 heterocycles. The van der Waals surface area contributed by atoms with Crippen LogP contribution in [-0.2, 0) is 4.79 Å². The van der Waals surface area contributed by atoms with Crippen LogP contribution in [0.3, 0.4) is 0 Å². The second-order valence-electron chi connectivity index (χ2n) is 4.35. The highest BCUT2D eigenvalue weighted by molar-refractivity contribution is 7.99. The minimum atomic E-state index is -0.0846. The predicted octanol–water partition coefficient (Wildman–Crippen LogP) is 2.34. The molecule has 0 aromatic carbocycles. The molecule has 0 saturated heterocycles. The number of nitrogens with one attached hydrogen (secondary N) is 1. The van der Waals surface area contributed by atoms with E-state index in [0.717, 1.165) is 35.7 Å². The van der Waals surface area contributed by atoms with E-state index in [0.29, 0.717) is 6.42 Å². The molecule has 0 radical (unpaired) electrons. The van der Waals surface area contributed by atoms with Crippen molar-refractivity contribution in [2.24, 2.45) is 5.84 Å². The summed E-state index contributed by atoms with van der Waals surface area (Å²) in [5.41, 5.74) is 4.46. The average molecular weight is 267 g/mol. The third kappa shape index (κ3) is 6.02.